The lowest BCUT2D eigenvalue weighted by Gasteiger charge is -2.24. The Hall–Kier alpha value is -0.840. The van der Waals surface area contributed by atoms with Crippen LogP contribution in [0.15, 0.2) is 24.5 Å². The molecule has 2 N–H and O–H groups in total. The van der Waals surface area contributed by atoms with Gasteiger partial charge in [0.2, 0.25) is 0 Å². The number of carboxylic acid groups (broad SMARTS) is 1. The molecule has 0 unspecified atom stereocenters. The van der Waals surface area contributed by atoms with Crippen molar-refractivity contribution < 1.29 is 9.90 Å². The van der Waals surface area contributed by atoms with Gasteiger partial charge >= 0.3 is 5.97 Å². The van der Waals surface area contributed by atoms with Crippen molar-refractivity contribution in [2.24, 2.45) is 0 Å². The van der Waals surface area contributed by atoms with E-state index in [1.807, 2.05) is 12.1 Å². The topological polar surface area (TPSA) is 62.2 Å². The average Bonchev–Trinajstić information content (AvgIpc) is 2.69. The highest BCUT2D eigenvalue weighted by Crippen LogP contribution is 2.24. The van der Waals surface area contributed by atoms with Gasteiger partial charge in [-0.25, -0.2) is 0 Å². The SMILES string of the molecule is Cl.Cl.O=C(O)[C@@]1(Cc2cccnc2)CCCN1. The number of aliphatic carboxylic acids is 1. The summed E-state index contributed by atoms with van der Waals surface area (Å²) in [7, 11) is 0. The van der Waals surface area contributed by atoms with Crippen molar-refractivity contribution in [2.75, 3.05) is 6.54 Å². The minimum absolute atomic E-state index is 0. The molecule has 0 aromatic carbocycles. The number of pyridine rings is 1. The number of rotatable bonds is 3. The maximum atomic E-state index is 11.2. The van der Waals surface area contributed by atoms with Crippen LogP contribution >= 0.6 is 24.8 Å². The molecule has 96 valence electrons. The first kappa shape index (κ1) is 16.2. The standard InChI is InChI=1S/C11H14N2O2.2ClH/c14-10(15)11(4-2-6-13-11)7-9-3-1-5-12-8-9;;/h1,3,5,8,13H,2,4,6-7H2,(H,14,15);2*1H/t11-;;/m0../s1. The van der Waals surface area contributed by atoms with Gasteiger partial charge in [-0.1, -0.05) is 6.07 Å². The molecule has 0 spiro atoms. The third-order valence-corrected chi connectivity index (χ3v) is 2.88. The Labute approximate surface area is 113 Å². The van der Waals surface area contributed by atoms with Crippen molar-refractivity contribution in [3.8, 4) is 0 Å². The van der Waals surface area contributed by atoms with Gasteiger partial charge in [-0.15, -0.1) is 24.8 Å². The van der Waals surface area contributed by atoms with Crippen molar-refractivity contribution in [2.45, 2.75) is 24.8 Å². The monoisotopic (exact) mass is 278 g/mol. The van der Waals surface area contributed by atoms with Gasteiger partial charge < -0.3 is 10.4 Å². The molecule has 0 amide bonds. The third kappa shape index (κ3) is 3.56. The highest BCUT2D eigenvalue weighted by atomic mass is 35.5. The molecule has 0 saturated carbocycles. The smallest absolute Gasteiger partial charge is 0.324 e. The minimum atomic E-state index is -0.775. The Morgan fingerprint density at radius 1 is 1.53 bits per heavy atom. The molecule has 6 heteroatoms. The van der Waals surface area contributed by atoms with Crippen LogP contribution in [0.2, 0.25) is 0 Å². The van der Waals surface area contributed by atoms with E-state index in [1.54, 1.807) is 12.4 Å². The summed E-state index contributed by atoms with van der Waals surface area (Å²) < 4.78 is 0. The fourth-order valence-electron chi connectivity index (χ4n) is 2.07. The zero-order valence-corrected chi connectivity index (χ0v) is 10.9. The normalized spacial score (nSPS) is 22.4. The minimum Gasteiger partial charge on any atom is -0.480 e. The first-order valence-corrected chi connectivity index (χ1v) is 5.10. The number of hydrogen-bond acceptors (Lipinski definition) is 3. The summed E-state index contributed by atoms with van der Waals surface area (Å²) >= 11 is 0. The maximum absolute atomic E-state index is 11.2. The van der Waals surface area contributed by atoms with Crippen LogP contribution in [-0.2, 0) is 11.2 Å². The Morgan fingerprint density at radius 3 is 2.76 bits per heavy atom. The molecule has 0 radical (unpaired) electrons. The van der Waals surface area contributed by atoms with Gasteiger partial charge in [-0.2, -0.15) is 0 Å². The molecular weight excluding hydrogens is 263 g/mol. The molecule has 1 aliphatic rings. The van der Waals surface area contributed by atoms with Gasteiger partial charge in [0.1, 0.15) is 5.54 Å². The second-order valence-electron chi connectivity index (χ2n) is 3.96. The number of nitrogens with one attached hydrogen (secondary N) is 1. The highest BCUT2D eigenvalue weighted by Gasteiger charge is 2.40. The van der Waals surface area contributed by atoms with Gasteiger partial charge in [-0.3, -0.25) is 9.78 Å². The summed E-state index contributed by atoms with van der Waals surface area (Å²) in [5.74, 6) is -0.760. The van der Waals surface area contributed by atoms with Gasteiger partial charge in [0.15, 0.2) is 0 Å². The molecule has 2 rings (SSSR count). The Morgan fingerprint density at radius 2 is 2.29 bits per heavy atom. The molecule has 1 aliphatic heterocycles. The third-order valence-electron chi connectivity index (χ3n) is 2.88. The van der Waals surface area contributed by atoms with Crippen molar-refractivity contribution in [3.05, 3.63) is 30.1 Å². The van der Waals surface area contributed by atoms with Crippen LogP contribution in [0.25, 0.3) is 0 Å². The summed E-state index contributed by atoms with van der Waals surface area (Å²) in [4.78, 5) is 15.2. The number of carboxylic acids is 1. The second kappa shape index (κ2) is 6.79. The first-order valence-electron chi connectivity index (χ1n) is 5.10. The van der Waals surface area contributed by atoms with Crippen molar-refractivity contribution in [3.63, 3.8) is 0 Å². The van der Waals surface area contributed by atoms with Crippen LogP contribution in [0, 0.1) is 0 Å². The Kier molecular flexibility index (Phi) is 6.45. The van der Waals surface area contributed by atoms with Gasteiger partial charge in [0.05, 0.1) is 0 Å². The first-order chi connectivity index (χ1) is 7.23. The van der Waals surface area contributed by atoms with E-state index in [0.29, 0.717) is 12.8 Å². The van der Waals surface area contributed by atoms with Crippen LogP contribution in [-0.4, -0.2) is 28.1 Å². The molecule has 0 bridgehead atoms. The van der Waals surface area contributed by atoms with E-state index < -0.39 is 11.5 Å². The number of nitrogens with zero attached hydrogens (tertiary/aromatic N) is 1. The fourth-order valence-corrected chi connectivity index (χ4v) is 2.07. The number of aromatic nitrogens is 1. The summed E-state index contributed by atoms with van der Waals surface area (Å²) in [6.45, 7) is 0.784. The van der Waals surface area contributed by atoms with Crippen LogP contribution in [0.1, 0.15) is 18.4 Å². The van der Waals surface area contributed by atoms with Crippen molar-refractivity contribution in [1.82, 2.24) is 10.3 Å². The van der Waals surface area contributed by atoms with E-state index in [0.717, 1.165) is 18.5 Å². The summed E-state index contributed by atoms with van der Waals surface area (Å²) in [5, 5.41) is 12.3. The van der Waals surface area contributed by atoms with Crippen LogP contribution in [0.4, 0.5) is 0 Å². The molecule has 17 heavy (non-hydrogen) atoms. The summed E-state index contributed by atoms with van der Waals surface area (Å²) in [6.07, 6.45) is 5.55. The van der Waals surface area contributed by atoms with E-state index in [1.165, 1.54) is 0 Å². The van der Waals surface area contributed by atoms with E-state index in [2.05, 4.69) is 10.3 Å². The lowest BCUT2D eigenvalue weighted by molar-refractivity contribution is -0.144. The van der Waals surface area contributed by atoms with E-state index in [-0.39, 0.29) is 24.8 Å². The quantitative estimate of drug-likeness (QED) is 0.883. The highest BCUT2D eigenvalue weighted by molar-refractivity contribution is 5.85. The molecule has 4 nitrogen and oxygen atoms in total. The second-order valence-corrected chi connectivity index (χ2v) is 3.96. The lowest BCUT2D eigenvalue weighted by Crippen LogP contribution is -2.49. The molecule has 1 aromatic rings. The van der Waals surface area contributed by atoms with Crippen LogP contribution in [0.5, 0.6) is 0 Å². The number of halogens is 2. The van der Waals surface area contributed by atoms with E-state index in [9.17, 15) is 9.90 Å². The summed E-state index contributed by atoms with van der Waals surface area (Å²) in [5.41, 5.74) is 0.192. The van der Waals surface area contributed by atoms with Crippen LogP contribution < -0.4 is 5.32 Å². The van der Waals surface area contributed by atoms with Crippen molar-refractivity contribution >= 4 is 30.8 Å². The molecule has 1 atom stereocenters. The summed E-state index contributed by atoms with van der Waals surface area (Å²) in [6, 6.07) is 3.75. The molecule has 1 fully saturated rings. The van der Waals surface area contributed by atoms with Gasteiger partial charge in [0.25, 0.3) is 0 Å². The zero-order valence-electron chi connectivity index (χ0n) is 9.26. The molecule has 1 aromatic heterocycles. The largest absolute Gasteiger partial charge is 0.480 e. The Bertz CT molecular complexity index is 354. The Balaban J connectivity index is 0.00000128. The molecular formula is C11H16Cl2N2O2. The zero-order chi connectivity index (χ0) is 10.7. The lowest BCUT2D eigenvalue weighted by atomic mass is 9.90. The van der Waals surface area contributed by atoms with Gasteiger partial charge in [0, 0.05) is 18.8 Å². The average molecular weight is 279 g/mol. The predicted octanol–water partition coefficient (Wildman–Crippen LogP) is 1.67. The van der Waals surface area contributed by atoms with E-state index >= 15 is 0 Å². The molecule has 2 heterocycles. The van der Waals surface area contributed by atoms with E-state index in [4.69, 9.17) is 0 Å². The predicted molar refractivity (Wildman–Crippen MR) is 70.0 cm³/mol. The maximum Gasteiger partial charge on any atom is 0.324 e. The fraction of sp³-hybridized carbons (Fsp3) is 0.455. The number of hydrogen-bond donors (Lipinski definition) is 2. The van der Waals surface area contributed by atoms with Crippen molar-refractivity contribution in [1.29, 1.82) is 0 Å². The van der Waals surface area contributed by atoms with Crippen LogP contribution in [0.3, 0.4) is 0 Å². The number of carbonyl (C=O) groups is 1. The molecule has 1 saturated heterocycles. The van der Waals surface area contributed by atoms with Gasteiger partial charge in [-0.05, 0) is 31.0 Å². The molecule has 0 aliphatic carbocycles.